The number of ether oxygens (including phenoxy) is 1. The van der Waals surface area contributed by atoms with Crippen molar-refractivity contribution in [3.8, 4) is 0 Å². The second-order valence-corrected chi connectivity index (χ2v) is 5.04. The van der Waals surface area contributed by atoms with Crippen molar-refractivity contribution in [3.63, 3.8) is 0 Å². The summed E-state index contributed by atoms with van der Waals surface area (Å²) in [5.74, 6) is 0.519. The molecule has 0 atom stereocenters. The fraction of sp³-hybridized carbons (Fsp3) is 0.923. The highest BCUT2D eigenvalue weighted by Crippen LogP contribution is 2.38. The van der Waals surface area contributed by atoms with Gasteiger partial charge in [-0.3, -0.25) is 4.79 Å². The van der Waals surface area contributed by atoms with Crippen LogP contribution < -0.4 is 5.32 Å². The average molecular weight is 242 g/mol. The third-order valence-electron chi connectivity index (χ3n) is 3.76. The van der Waals surface area contributed by atoms with Gasteiger partial charge in [0, 0.05) is 13.1 Å². The summed E-state index contributed by atoms with van der Waals surface area (Å²) in [7, 11) is 1.47. The van der Waals surface area contributed by atoms with Crippen LogP contribution in [0.15, 0.2) is 0 Å². The molecule has 17 heavy (non-hydrogen) atoms. The largest absolute Gasteiger partial charge is 0.468 e. The molecule has 100 valence electrons. The third-order valence-corrected chi connectivity index (χ3v) is 3.76. The van der Waals surface area contributed by atoms with Crippen molar-refractivity contribution in [1.82, 2.24) is 10.2 Å². The van der Waals surface area contributed by atoms with Crippen molar-refractivity contribution in [2.24, 2.45) is 5.92 Å². The predicted molar refractivity (Wildman–Crippen MR) is 68.9 cm³/mol. The van der Waals surface area contributed by atoms with Gasteiger partial charge < -0.3 is 15.0 Å². The first-order valence-corrected chi connectivity index (χ1v) is 6.63. The highest BCUT2D eigenvalue weighted by Gasteiger charge is 2.48. The number of nitrogens with one attached hydrogen (secondary N) is 1. The summed E-state index contributed by atoms with van der Waals surface area (Å²) in [5, 5.41) is 3.40. The van der Waals surface area contributed by atoms with Crippen molar-refractivity contribution in [1.29, 1.82) is 0 Å². The molecule has 0 aromatic heterocycles. The van der Waals surface area contributed by atoms with Crippen LogP contribution in [0.25, 0.3) is 0 Å². The highest BCUT2D eigenvalue weighted by molar-refractivity contribution is 5.82. The normalized spacial score (nSPS) is 27.9. The van der Waals surface area contributed by atoms with Gasteiger partial charge in [-0.2, -0.15) is 0 Å². The second-order valence-electron chi connectivity index (χ2n) is 5.04. The molecule has 0 amide bonds. The maximum atomic E-state index is 11.8. The Balaban J connectivity index is 2.39. The van der Waals surface area contributed by atoms with Crippen LogP contribution in [0.1, 0.15) is 33.6 Å². The molecule has 0 heterocycles. The van der Waals surface area contributed by atoms with Crippen LogP contribution in [0.5, 0.6) is 0 Å². The van der Waals surface area contributed by atoms with Gasteiger partial charge in [0.2, 0.25) is 0 Å². The summed E-state index contributed by atoms with van der Waals surface area (Å²) in [6, 6.07) is 0. The topological polar surface area (TPSA) is 41.6 Å². The monoisotopic (exact) mass is 242 g/mol. The van der Waals surface area contributed by atoms with E-state index in [0.29, 0.717) is 5.92 Å². The van der Waals surface area contributed by atoms with Crippen molar-refractivity contribution in [2.45, 2.75) is 39.2 Å². The fourth-order valence-corrected chi connectivity index (χ4v) is 2.70. The molecule has 1 rings (SSSR count). The highest BCUT2D eigenvalue weighted by atomic mass is 16.5. The molecule has 4 heteroatoms. The Bertz CT molecular complexity index is 246. The lowest BCUT2D eigenvalue weighted by molar-refractivity contribution is -0.154. The second kappa shape index (κ2) is 6.36. The molecular formula is C13H26N2O2. The van der Waals surface area contributed by atoms with E-state index in [4.69, 9.17) is 4.74 Å². The van der Waals surface area contributed by atoms with Gasteiger partial charge in [0.25, 0.3) is 0 Å². The zero-order valence-corrected chi connectivity index (χ0v) is 11.6. The van der Waals surface area contributed by atoms with Crippen LogP contribution in [0.3, 0.4) is 0 Å². The fourth-order valence-electron chi connectivity index (χ4n) is 2.70. The molecule has 1 saturated carbocycles. The van der Waals surface area contributed by atoms with Gasteiger partial charge in [-0.15, -0.1) is 0 Å². The van der Waals surface area contributed by atoms with Gasteiger partial charge in [0.1, 0.15) is 5.54 Å². The lowest BCUT2D eigenvalue weighted by Crippen LogP contribution is -2.61. The summed E-state index contributed by atoms with van der Waals surface area (Å²) in [6.07, 6.45) is 1.80. The quantitative estimate of drug-likeness (QED) is 0.682. The van der Waals surface area contributed by atoms with Gasteiger partial charge >= 0.3 is 5.97 Å². The molecule has 0 spiro atoms. The van der Waals surface area contributed by atoms with E-state index in [1.54, 1.807) is 0 Å². The van der Waals surface area contributed by atoms with Crippen LogP contribution in [0.2, 0.25) is 0 Å². The minimum atomic E-state index is -0.401. The Kier molecular flexibility index (Phi) is 5.40. The molecule has 0 unspecified atom stereocenters. The average Bonchev–Trinajstić information content (AvgIpc) is 2.30. The third kappa shape index (κ3) is 3.42. The Morgan fingerprint density at radius 1 is 1.41 bits per heavy atom. The van der Waals surface area contributed by atoms with Gasteiger partial charge in [-0.1, -0.05) is 20.8 Å². The lowest BCUT2D eigenvalue weighted by atomic mass is 9.69. The molecule has 0 aliphatic heterocycles. The first kappa shape index (κ1) is 14.5. The molecule has 0 aromatic carbocycles. The van der Waals surface area contributed by atoms with E-state index >= 15 is 0 Å². The summed E-state index contributed by atoms with van der Waals surface area (Å²) >= 11 is 0. The van der Waals surface area contributed by atoms with Gasteiger partial charge in [0.15, 0.2) is 0 Å². The summed E-state index contributed by atoms with van der Waals surface area (Å²) in [6.45, 7) is 10.4. The SMILES string of the molecule is CCN(CC)CCNC1(C(=O)OC)CC(C)C1. The van der Waals surface area contributed by atoms with Crippen LogP contribution in [-0.2, 0) is 9.53 Å². The minimum Gasteiger partial charge on any atom is -0.468 e. The molecule has 1 aliphatic carbocycles. The maximum Gasteiger partial charge on any atom is 0.326 e. The van der Waals surface area contributed by atoms with E-state index in [9.17, 15) is 4.79 Å². The van der Waals surface area contributed by atoms with Gasteiger partial charge in [-0.05, 0) is 31.8 Å². The molecule has 1 fully saturated rings. The Morgan fingerprint density at radius 2 is 2.00 bits per heavy atom. The zero-order valence-electron chi connectivity index (χ0n) is 11.6. The number of methoxy groups -OCH3 is 1. The van der Waals surface area contributed by atoms with Crippen LogP contribution in [-0.4, -0.2) is 49.7 Å². The van der Waals surface area contributed by atoms with Gasteiger partial charge in [0.05, 0.1) is 7.11 Å². The predicted octanol–water partition coefficient (Wildman–Crippen LogP) is 1.26. The number of hydrogen-bond donors (Lipinski definition) is 1. The van der Waals surface area contributed by atoms with Crippen molar-refractivity contribution < 1.29 is 9.53 Å². The Labute approximate surface area is 105 Å². The van der Waals surface area contributed by atoms with Crippen molar-refractivity contribution in [3.05, 3.63) is 0 Å². The summed E-state index contributed by atoms with van der Waals surface area (Å²) < 4.78 is 4.90. The molecule has 0 aromatic rings. The van der Waals surface area contributed by atoms with Crippen molar-refractivity contribution in [2.75, 3.05) is 33.3 Å². The summed E-state index contributed by atoms with van der Waals surface area (Å²) in [5.41, 5.74) is -0.401. The van der Waals surface area contributed by atoms with E-state index in [2.05, 4.69) is 31.0 Å². The number of rotatable bonds is 7. The van der Waals surface area contributed by atoms with Crippen LogP contribution in [0.4, 0.5) is 0 Å². The zero-order chi connectivity index (χ0) is 12.9. The standard InChI is InChI=1S/C13H26N2O2/c1-5-15(6-2)8-7-14-13(12(16)17-4)9-11(3)10-13/h11,14H,5-10H2,1-4H3. The molecule has 4 nitrogen and oxygen atoms in total. The molecule has 0 saturated heterocycles. The minimum absolute atomic E-state index is 0.102. The van der Waals surface area contributed by atoms with E-state index in [1.165, 1.54) is 7.11 Å². The Morgan fingerprint density at radius 3 is 2.41 bits per heavy atom. The summed E-state index contributed by atoms with van der Waals surface area (Å²) in [4.78, 5) is 14.1. The number of nitrogens with zero attached hydrogens (tertiary/aromatic N) is 1. The first-order valence-electron chi connectivity index (χ1n) is 6.63. The number of esters is 1. The Hall–Kier alpha value is -0.610. The number of carbonyl (C=O) groups is 1. The molecule has 1 aliphatic rings. The maximum absolute atomic E-state index is 11.8. The van der Waals surface area contributed by atoms with Gasteiger partial charge in [-0.25, -0.2) is 0 Å². The number of carbonyl (C=O) groups excluding carboxylic acids is 1. The van der Waals surface area contributed by atoms with Crippen molar-refractivity contribution >= 4 is 5.97 Å². The molecule has 0 radical (unpaired) electrons. The van der Waals surface area contributed by atoms with E-state index in [0.717, 1.165) is 39.0 Å². The van der Waals surface area contributed by atoms with E-state index < -0.39 is 5.54 Å². The van der Waals surface area contributed by atoms with Crippen LogP contribution >= 0.6 is 0 Å². The smallest absolute Gasteiger partial charge is 0.326 e. The lowest BCUT2D eigenvalue weighted by Gasteiger charge is -2.44. The van der Waals surface area contributed by atoms with Crippen LogP contribution in [0, 0.1) is 5.92 Å². The number of hydrogen-bond acceptors (Lipinski definition) is 4. The van der Waals surface area contributed by atoms with E-state index in [1.807, 2.05) is 0 Å². The van der Waals surface area contributed by atoms with E-state index in [-0.39, 0.29) is 5.97 Å². The molecule has 0 bridgehead atoms. The molecular weight excluding hydrogens is 216 g/mol. The molecule has 1 N–H and O–H groups in total. The number of likely N-dealkylation sites (N-methyl/N-ethyl adjacent to an activating group) is 1. The first-order chi connectivity index (χ1) is 8.07.